The van der Waals surface area contributed by atoms with Gasteiger partial charge in [0.2, 0.25) is 0 Å². The molecule has 2 aromatic rings. The van der Waals surface area contributed by atoms with Crippen LogP contribution in [0.15, 0.2) is 36.4 Å². The van der Waals surface area contributed by atoms with E-state index >= 15 is 0 Å². The lowest BCUT2D eigenvalue weighted by molar-refractivity contribution is 0.189. The average molecular weight is 254 g/mol. The lowest BCUT2D eigenvalue weighted by atomic mass is 10.0. The number of fused-ring (bicyclic) bond motifs is 1. The maximum Gasteiger partial charge on any atom is 0.469 e. The fourth-order valence-electron chi connectivity index (χ4n) is 1.65. The molecule has 2 rings (SSSR count). The zero-order valence-electron chi connectivity index (χ0n) is 8.78. The zero-order chi connectivity index (χ0) is 12.5. The Labute approximate surface area is 97.5 Å². The van der Waals surface area contributed by atoms with Crippen LogP contribution in [0.25, 0.3) is 10.8 Å². The Morgan fingerprint density at radius 1 is 1.18 bits per heavy atom. The average Bonchev–Trinajstić information content (AvgIpc) is 2.24. The van der Waals surface area contributed by atoms with Crippen molar-refractivity contribution in [2.24, 2.45) is 0 Å². The number of rotatable bonds is 3. The molecule has 0 fully saturated rings. The van der Waals surface area contributed by atoms with Gasteiger partial charge in [0, 0.05) is 0 Å². The van der Waals surface area contributed by atoms with Crippen LogP contribution in [-0.4, -0.2) is 14.9 Å². The minimum atomic E-state index is -4.51. The Balaban J connectivity index is 2.42. The van der Waals surface area contributed by atoms with E-state index < -0.39 is 7.82 Å². The Kier molecular flexibility index (Phi) is 3.17. The van der Waals surface area contributed by atoms with Crippen LogP contribution in [0, 0.1) is 0 Å². The lowest BCUT2D eigenvalue weighted by Crippen LogP contribution is -1.92. The number of phosphoric ester groups is 1. The molecule has 0 heterocycles. The smallest absolute Gasteiger partial charge is 0.469 e. The van der Waals surface area contributed by atoms with Crippen LogP contribution in [0.3, 0.4) is 0 Å². The van der Waals surface area contributed by atoms with Gasteiger partial charge in [0.15, 0.2) is 0 Å². The summed E-state index contributed by atoms with van der Waals surface area (Å²) in [6.45, 7) is -0.251. The van der Waals surface area contributed by atoms with Crippen molar-refractivity contribution < 1.29 is 24.0 Å². The van der Waals surface area contributed by atoms with Crippen LogP contribution in [0.2, 0.25) is 0 Å². The molecule has 3 N–H and O–H groups in total. The first kappa shape index (κ1) is 12.1. The summed E-state index contributed by atoms with van der Waals surface area (Å²) >= 11 is 0. The summed E-state index contributed by atoms with van der Waals surface area (Å²) in [6, 6.07) is 10.2. The van der Waals surface area contributed by atoms with Gasteiger partial charge in [-0.15, -0.1) is 0 Å². The Morgan fingerprint density at radius 3 is 2.59 bits per heavy atom. The summed E-state index contributed by atoms with van der Waals surface area (Å²) in [5.74, 6) is 0.0352. The number of aromatic hydroxyl groups is 1. The fraction of sp³-hybridized carbons (Fsp3) is 0.0909. The summed E-state index contributed by atoms with van der Waals surface area (Å²) in [5, 5.41) is 11.1. The van der Waals surface area contributed by atoms with Gasteiger partial charge in [-0.05, 0) is 28.5 Å². The molecule has 0 aliphatic rings. The van der Waals surface area contributed by atoms with Crippen LogP contribution >= 0.6 is 7.82 Å². The lowest BCUT2D eigenvalue weighted by Gasteiger charge is -2.09. The standard InChI is InChI=1S/C11H11O5P/c12-10-5-8-3-1-2-4-11(8)9(6-10)7-16-17(13,14)15/h1-6,12H,7H2,(H2,13,14,15). The molecule has 0 spiro atoms. The fourth-order valence-corrected chi connectivity index (χ4v) is 1.95. The second-order valence-electron chi connectivity index (χ2n) is 3.59. The van der Waals surface area contributed by atoms with E-state index in [9.17, 15) is 9.67 Å². The van der Waals surface area contributed by atoms with Gasteiger partial charge in [0.1, 0.15) is 5.75 Å². The first-order chi connectivity index (χ1) is 7.96. The predicted molar refractivity (Wildman–Crippen MR) is 62.4 cm³/mol. The Hall–Kier alpha value is -1.39. The highest BCUT2D eigenvalue weighted by atomic mass is 31.2. The molecule has 2 aromatic carbocycles. The van der Waals surface area contributed by atoms with Crippen molar-refractivity contribution in [3.63, 3.8) is 0 Å². The van der Waals surface area contributed by atoms with Crippen molar-refractivity contribution in [2.45, 2.75) is 6.61 Å². The van der Waals surface area contributed by atoms with Gasteiger partial charge in [0.25, 0.3) is 0 Å². The van der Waals surface area contributed by atoms with E-state index in [1.54, 1.807) is 24.3 Å². The number of hydrogen-bond donors (Lipinski definition) is 3. The van der Waals surface area contributed by atoms with E-state index in [0.29, 0.717) is 5.56 Å². The van der Waals surface area contributed by atoms with Gasteiger partial charge in [-0.25, -0.2) is 4.57 Å². The molecule has 17 heavy (non-hydrogen) atoms. The van der Waals surface area contributed by atoms with E-state index in [1.807, 2.05) is 6.07 Å². The van der Waals surface area contributed by atoms with Gasteiger partial charge >= 0.3 is 7.82 Å². The van der Waals surface area contributed by atoms with Crippen molar-refractivity contribution in [1.29, 1.82) is 0 Å². The number of benzene rings is 2. The predicted octanol–water partition coefficient (Wildman–Crippen LogP) is 2.15. The topological polar surface area (TPSA) is 87.0 Å². The molecular weight excluding hydrogens is 243 g/mol. The van der Waals surface area contributed by atoms with Crippen molar-refractivity contribution in [2.75, 3.05) is 0 Å². The molecule has 0 saturated carbocycles. The maximum absolute atomic E-state index is 10.6. The first-order valence-electron chi connectivity index (χ1n) is 4.86. The Bertz CT molecular complexity index is 589. The molecule has 0 saturated heterocycles. The summed E-state index contributed by atoms with van der Waals surface area (Å²) < 4.78 is 15.1. The normalized spacial score (nSPS) is 11.9. The number of hydrogen-bond acceptors (Lipinski definition) is 3. The van der Waals surface area contributed by atoms with Gasteiger partial charge in [-0.1, -0.05) is 24.3 Å². The number of phosphoric acid groups is 1. The maximum atomic E-state index is 10.6. The largest absolute Gasteiger partial charge is 0.508 e. The van der Waals surface area contributed by atoms with Crippen molar-refractivity contribution in [1.82, 2.24) is 0 Å². The quantitative estimate of drug-likeness (QED) is 0.730. The minimum Gasteiger partial charge on any atom is -0.508 e. The van der Waals surface area contributed by atoms with Crippen molar-refractivity contribution >= 4 is 18.6 Å². The third kappa shape index (κ3) is 3.05. The van der Waals surface area contributed by atoms with Gasteiger partial charge < -0.3 is 14.9 Å². The van der Waals surface area contributed by atoms with Crippen molar-refractivity contribution in [3.8, 4) is 5.75 Å². The van der Waals surface area contributed by atoms with E-state index in [0.717, 1.165) is 10.8 Å². The first-order valence-corrected chi connectivity index (χ1v) is 6.39. The number of phenols is 1. The molecule has 0 aliphatic heterocycles. The summed E-state index contributed by atoms with van der Waals surface area (Å²) in [5.41, 5.74) is 0.531. The molecule has 0 aliphatic carbocycles. The van der Waals surface area contributed by atoms with E-state index in [1.165, 1.54) is 6.07 Å². The van der Waals surface area contributed by atoms with Crippen LogP contribution in [0.5, 0.6) is 5.75 Å². The molecule has 90 valence electrons. The molecule has 0 aromatic heterocycles. The second kappa shape index (κ2) is 4.47. The molecule has 5 nitrogen and oxygen atoms in total. The summed E-state index contributed by atoms with van der Waals surface area (Å²) in [7, 11) is -4.51. The molecule has 0 atom stereocenters. The van der Waals surface area contributed by atoms with Crippen LogP contribution < -0.4 is 0 Å². The third-order valence-electron chi connectivity index (χ3n) is 2.32. The highest BCUT2D eigenvalue weighted by molar-refractivity contribution is 7.46. The minimum absolute atomic E-state index is 0.0352. The summed E-state index contributed by atoms with van der Waals surface area (Å²) in [4.78, 5) is 17.3. The van der Waals surface area contributed by atoms with Crippen molar-refractivity contribution in [3.05, 3.63) is 42.0 Å². The summed E-state index contributed by atoms with van der Waals surface area (Å²) in [6.07, 6.45) is 0. The molecule has 0 radical (unpaired) electrons. The molecule has 0 bridgehead atoms. The monoisotopic (exact) mass is 254 g/mol. The molecule has 6 heteroatoms. The molecule has 0 amide bonds. The number of phenolic OH excluding ortho intramolecular Hbond substituents is 1. The van der Waals surface area contributed by atoms with Gasteiger partial charge in [-0.2, -0.15) is 0 Å². The van der Waals surface area contributed by atoms with Crippen LogP contribution in [0.1, 0.15) is 5.56 Å². The van der Waals surface area contributed by atoms with Gasteiger partial charge in [-0.3, -0.25) is 4.52 Å². The third-order valence-corrected chi connectivity index (χ3v) is 2.79. The zero-order valence-corrected chi connectivity index (χ0v) is 9.67. The van der Waals surface area contributed by atoms with E-state index in [4.69, 9.17) is 9.79 Å². The van der Waals surface area contributed by atoms with Gasteiger partial charge in [0.05, 0.1) is 6.61 Å². The van der Waals surface area contributed by atoms with E-state index in [2.05, 4.69) is 4.52 Å². The highest BCUT2D eigenvalue weighted by Crippen LogP contribution is 2.38. The SMILES string of the molecule is O=P(O)(O)OCc1cc(O)cc2ccccc12. The van der Waals surface area contributed by atoms with E-state index in [-0.39, 0.29) is 12.4 Å². The van der Waals surface area contributed by atoms with Crippen LogP contribution in [0.4, 0.5) is 0 Å². The molecular formula is C11H11O5P. The highest BCUT2D eigenvalue weighted by Gasteiger charge is 2.15. The Morgan fingerprint density at radius 2 is 1.88 bits per heavy atom. The van der Waals surface area contributed by atoms with Crippen LogP contribution in [-0.2, 0) is 15.7 Å². The second-order valence-corrected chi connectivity index (χ2v) is 4.83. The molecule has 0 unspecified atom stereocenters.